The first-order valence-electron chi connectivity index (χ1n) is 7.34. The normalized spacial score (nSPS) is 12.2. The van der Waals surface area contributed by atoms with E-state index in [-0.39, 0.29) is 5.88 Å². The van der Waals surface area contributed by atoms with Crippen LogP contribution < -0.4 is 4.80 Å². The van der Waals surface area contributed by atoms with Crippen molar-refractivity contribution in [2.75, 3.05) is 6.54 Å². The lowest BCUT2D eigenvalue weighted by atomic mass is 10.2. The van der Waals surface area contributed by atoms with E-state index in [0.29, 0.717) is 12.3 Å². The van der Waals surface area contributed by atoms with Crippen LogP contribution in [0.5, 0.6) is 0 Å². The van der Waals surface area contributed by atoms with E-state index in [9.17, 15) is 10.1 Å². The summed E-state index contributed by atoms with van der Waals surface area (Å²) in [4.78, 5) is 15.3. The average molecular weight is 421 g/mol. The van der Waals surface area contributed by atoms with Crippen molar-refractivity contribution in [3.8, 4) is 11.3 Å². The van der Waals surface area contributed by atoms with Gasteiger partial charge in [-0.1, -0.05) is 28.1 Å². The summed E-state index contributed by atoms with van der Waals surface area (Å²) in [5.74, 6) is -0.0158. The highest BCUT2D eigenvalue weighted by molar-refractivity contribution is 9.10. The number of thiazole rings is 1. The Hall–Kier alpha value is -2.52. The highest BCUT2D eigenvalue weighted by atomic mass is 79.9. The second-order valence-electron chi connectivity index (χ2n) is 4.87. The third kappa shape index (κ3) is 3.94. The Kier molecular flexibility index (Phi) is 5.25. The molecule has 0 bridgehead atoms. The highest BCUT2D eigenvalue weighted by Crippen LogP contribution is 2.22. The molecule has 25 heavy (non-hydrogen) atoms. The van der Waals surface area contributed by atoms with Gasteiger partial charge in [-0.05, 0) is 25.1 Å². The summed E-state index contributed by atoms with van der Waals surface area (Å²) in [6, 6.07) is 10.7. The van der Waals surface area contributed by atoms with Crippen LogP contribution in [0.25, 0.3) is 11.3 Å². The van der Waals surface area contributed by atoms with Gasteiger partial charge in [0.2, 0.25) is 4.80 Å². The molecule has 1 aromatic carbocycles. The summed E-state index contributed by atoms with van der Waals surface area (Å²) in [7, 11) is 0. The zero-order chi connectivity index (χ0) is 17.8. The van der Waals surface area contributed by atoms with Crippen LogP contribution >= 0.6 is 27.3 Å². The second-order valence-corrected chi connectivity index (χ2v) is 6.63. The van der Waals surface area contributed by atoms with Gasteiger partial charge in [0.1, 0.15) is 4.92 Å². The number of benzene rings is 1. The van der Waals surface area contributed by atoms with Crippen LogP contribution in [0.15, 0.2) is 60.8 Å². The van der Waals surface area contributed by atoms with E-state index in [1.807, 2.05) is 36.6 Å². The van der Waals surface area contributed by atoms with Gasteiger partial charge in [-0.15, -0.1) is 11.3 Å². The maximum atomic E-state index is 10.7. The SMILES string of the molecule is CCN=c1scc(-c2ccc(Br)cc2)n1N=Cc1ccc([N+](=O)[O-])o1. The molecule has 0 fully saturated rings. The number of aromatic nitrogens is 1. The molecule has 0 spiro atoms. The van der Waals surface area contributed by atoms with Crippen LogP contribution in [0, 0.1) is 10.1 Å². The quantitative estimate of drug-likeness (QED) is 0.350. The Balaban J connectivity index is 2.02. The maximum Gasteiger partial charge on any atom is 0.433 e. The van der Waals surface area contributed by atoms with E-state index in [0.717, 1.165) is 20.5 Å². The predicted octanol–water partition coefficient (Wildman–Crippen LogP) is 4.28. The molecule has 0 aliphatic carbocycles. The van der Waals surface area contributed by atoms with Crippen molar-refractivity contribution >= 4 is 39.4 Å². The summed E-state index contributed by atoms with van der Waals surface area (Å²) in [6.07, 6.45) is 1.44. The van der Waals surface area contributed by atoms with Gasteiger partial charge in [-0.2, -0.15) is 5.10 Å². The predicted molar refractivity (Wildman–Crippen MR) is 99.9 cm³/mol. The smallest absolute Gasteiger partial charge is 0.400 e. The molecule has 9 heteroatoms. The van der Waals surface area contributed by atoms with E-state index in [2.05, 4.69) is 26.0 Å². The molecule has 0 aliphatic rings. The fourth-order valence-corrected chi connectivity index (χ4v) is 3.26. The lowest BCUT2D eigenvalue weighted by Crippen LogP contribution is -2.12. The molecule has 3 aromatic rings. The molecule has 7 nitrogen and oxygen atoms in total. The van der Waals surface area contributed by atoms with Crippen molar-refractivity contribution in [1.82, 2.24) is 4.68 Å². The molecule has 2 heterocycles. The molecule has 0 N–H and O–H groups in total. The first-order chi connectivity index (χ1) is 12.1. The summed E-state index contributed by atoms with van der Waals surface area (Å²) >= 11 is 4.90. The number of nitro groups is 1. The molecule has 0 saturated heterocycles. The van der Waals surface area contributed by atoms with Gasteiger partial charge in [0.25, 0.3) is 0 Å². The van der Waals surface area contributed by atoms with Crippen LogP contribution in [0.3, 0.4) is 0 Å². The minimum atomic E-state index is -0.583. The number of halogens is 1. The summed E-state index contributed by atoms with van der Waals surface area (Å²) in [5.41, 5.74) is 1.86. The second kappa shape index (κ2) is 7.58. The minimum absolute atomic E-state index is 0.301. The Morgan fingerprint density at radius 1 is 1.32 bits per heavy atom. The average Bonchev–Trinajstić information content (AvgIpc) is 3.21. The Bertz CT molecular complexity index is 985. The third-order valence-corrected chi connectivity index (χ3v) is 4.59. The third-order valence-electron chi connectivity index (χ3n) is 3.21. The summed E-state index contributed by atoms with van der Waals surface area (Å²) < 4.78 is 7.80. The molecular weight excluding hydrogens is 408 g/mol. The van der Waals surface area contributed by atoms with E-state index in [1.54, 1.807) is 4.68 Å². The van der Waals surface area contributed by atoms with Gasteiger partial charge in [0.15, 0.2) is 5.76 Å². The van der Waals surface area contributed by atoms with Crippen LogP contribution in [0.4, 0.5) is 5.88 Å². The van der Waals surface area contributed by atoms with Gasteiger partial charge in [-0.3, -0.25) is 15.1 Å². The molecule has 0 unspecified atom stereocenters. The Labute approximate surface area is 155 Å². The van der Waals surface area contributed by atoms with Crippen molar-refractivity contribution in [3.05, 3.63) is 66.9 Å². The van der Waals surface area contributed by atoms with E-state index >= 15 is 0 Å². The van der Waals surface area contributed by atoms with Gasteiger partial charge >= 0.3 is 5.88 Å². The van der Waals surface area contributed by atoms with E-state index in [4.69, 9.17) is 4.42 Å². The van der Waals surface area contributed by atoms with Crippen LogP contribution in [-0.2, 0) is 0 Å². The fourth-order valence-electron chi connectivity index (χ4n) is 2.10. The van der Waals surface area contributed by atoms with Crippen molar-refractivity contribution in [1.29, 1.82) is 0 Å². The van der Waals surface area contributed by atoms with Crippen molar-refractivity contribution in [2.45, 2.75) is 6.92 Å². The van der Waals surface area contributed by atoms with Crippen LogP contribution in [0.2, 0.25) is 0 Å². The molecule has 3 rings (SSSR count). The molecule has 128 valence electrons. The number of hydrogen-bond donors (Lipinski definition) is 0. The number of rotatable bonds is 5. The first-order valence-corrected chi connectivity index (χ1v) is 9.01. The molecule has 0 radical (unpaired) electrons. The van der Waals surface area contributed by atoms with E-state index in [1.165, 1.54) is 29.7 Å². The molecule has 2 aromatic heterocycles. The molecule has 0 saturated carbocycles. The molecule has 0 amide bonds. The van der Waals surface area contributed by atoms with Crippen molar-refractivity contribution in [3.63, 3.8) is 0 Å². The fraction of sp³-hybridized carbons (Fsp3) is 0.125. The Morgan fingerprint density at radius 2 is 2.08 bits per heavy atom. The van der Waals surface area contributed by atoms with Crippen LogP contribution in [0.1, 0.15) is 12.7 Å². The monoisotopic (exact) mass is 420 g/mol. The number of furan rings is 1. The zero-order valence-electron chi connectivity index (χ0n) is 13.1. The van der Waals surface area contributed by atoms with Gasteiger partial charge in [-0.25, -0.2) is 4.68 Å². The maximum absolute atomic E-state index is 10.7. The standard InChI is InChI=1S/C16H13BrN4O3S/c1-2-18-16-20(19-9-13-7-8-15(24-13)21(22)23)14(10-25-16)11-3-5-12(17)6-4-11/h3-10H,2H2,1H3. The van der Waals surface area contributed by atoms with Crippen molar-refractivity contribution in [2.24, 2.45) is 10.1 Å². The van der Waals surface area contributed by atoms with Gasteiger partial charge in [0.05, 0.1) is 18.0 Å². The Morgan fingerprint density at radius 3 is 2.72 bits per heavy atom. The molecular formula is C16H13BrN4O3S. The number of hydrogen-bond acceptors (Lipinski definition) is 6. The van der Waals surface area contributed by atoms with Crippen molar-refractivity contribution < 1.29 is 9.34 Å². The molecule has 0 aliphatic heterocycles. The highest BCUT2D eigenvalue weighted by Gasteiger charge is 2.11. The lowest BCUT2D eigenvalue weighted by Gasteiger charge is -2.03. The zero-order valence-corrected chi connectivity index (χ0v) is 15.5. The van der Waals surface area contributed by atoms with Gasteiger partial charge in [0, 0.05) is 22.0 Å². The van der Waals surface area contributed by atoms with Crippen LogP contribution in [-0.4, -0.2) is 22.4 Å². The number of nitrogens with zero attached hydrogens (tertiary/aromatic N) is 4. The summed E-state index contributed by atoms with van der Waals surface area (Å²) in [6.45, 7) is 2.57. The summed E-state index contributed by atoms with van der Waals surface area (Å²) in [5, 5.41) is 17.1. The van der Waals surface area contributed by atoms with E-state index < -0.39 is 4.92 Å². The lowest BCUT2D eigenvalue weighted by molar-refractivity contribution is -0.402. The molecule has 0 atom stereocenters. The largest absolute Gasteiger partial charge is 0.433 e. The van der Waals surface area contributed by atoms with Gasteiger partial charge < -0.3 is 4.42 Å². The first kappa shape index (κ1) is 17.3. The minimum Gasteiger partial charge on any atom is -0.400 e. The topological polar surface area (TPSA) is 85.9 Å².